The monoisotopic (exact) mass is 274 g/mol. The molecule has 0 spiro atoms. The highest BCUT2D eigenvalue weighted by molar-refractivity contribution is 8.11. The van der Waals surface area contributed by atoms with E-state index in [0.717, 1.165) is 25.0 Å². The lowest BCUT2D eigenvalue weighted by atomic mass is 10.1. The number of rotatable bonds is 6. The molecule has 6 heteroatoms. The number of carboxylic acid groups (broad SMARTS) is 1. The second-order valence-corrected chi connectivity index (χ2v) is 5.47. The van der Waals surface area contributed by atoms with Crippen molar-refractivity contribution >= 4 is 40.7 Å². The zero-order valence-corrected chi connectivity index (χ0v) is 11.3. The van der Waals surface area contributed by atoms with Crippen LogP contribution in [-0.2, 0) is 4.79 Å². The fourth-order valence-corrected chi connectivity index (χ4v) is 2.47. The first-order valence-electron chi connectivity index (χ1n) is 5.76. The Balaban J connectivity index is 2.33. The van der Waals surface area contributed by atoms with Gasteiger partial charge in [0.05, 0.1) is 4.20 Å². The van der Waals surface area contributed by atoms with Gasteiger partial charge in [-0.2, -0.15) is 0 Å². The van der Waals surface area contributed by atoms with Gasteiger partial charge in [0.1, 0.15) is 6.04 Å². The zero-order valence-electron chi connectivity index (χ0n) is 9.63. The highest BCUT2D eigenvalue weighted by Crippen LogP contribution is 2.25. The van der Waals surface area contributed by atoms with Crippen LogP contribution in [0.5, 0.6) is 0 Å². The van der Waals surface area contributed by atoms with Crippen molar-refractivity contribution < 1.29 is 9.90 Å². The summed E-state index contributed by atoms with van der Waals surface area (Å²) in [4.78, 5) is 15.0. The number of hydrogen-bond acceptors (Lipinski definition) is 4. The van der Waals surface area contributed by atoms with Gasteiger partial charge in [-0.05, 0) is 32.1 Å². The summed E-state index contributed by atoms with van der Waals surface area (Å²) in [5, 5.41) is 8.62. The minimum absolute atomic E-state index is 0.237. The van der Waals surface area contributed by atoms with Crippen molar-refractivity contribution in [1.82, 2.24) is 0 Å². The van der Waals surface area contributed by atoms with Gasteiger partial charge in [-0.25, -0.2) is 0 Å². The van der Waals surface area contributed by atoms with Gasteiger partial charge in [0.25, 0.3) is 0 Å². The molecular formula is C11H18N2O2S2. The van der Waals surface area contributed by atoms with Crippen LogP contribution in [0.4, 0.5) is 0 Å². The molecule has 0 aromatic carbocycles. The number of carboxylic acids is 1. The molecule has 4 nitrogen and oxygen atoms in total. The molecule has 1 fully saturated rings. The van der Waals surface area contributed by atoms with Gasteiger partial charge in [0.15, 0.2) is 0 Å². The number of aliphatic imine (C=N–C) groups is 1. The first-order chi connectivity index (χ1) is 8.02. The molecule has 1 rings (SSSR count). The molecule has 3 N–H and O–H groups in total. The van der Waals surface area contributed by atoms with Crippen molar-refractivity contribution in [3.63, 3.8) is 0 Å². The van der Waals surface area contributed by atoms with E-state index < -0.39 is 12.0 Å². The Morgan fingerprint density at radius 1 is 1.71 bits per heavy atom. The van der Waals surface area contributed by atoms with Crippen LogP contribution in [0.3, 0.4) is 0 Å². The predicted molar refractivity (Wildman–Crippen MR) is 76.1 cm³/mol. The summed E-state index contributed by atoms with van der Waals surface area (Å²) in [6.07, 6.45) is 4.29. The van der Waals surface area contributed by atoms with Crippen LogP contribution >= 0.6 is 24.8 Å². The van der Waals surface area contributed by atoms with Gasteiger partial charge in [0.2, 0.25) is 0 Å². The van der Waals surface area contributed by atoms with E-state index in [4.69, 9.17) is 23.1 Å². The highest BCUT2D eigenvalue weighted by Gasteiger charge is 2.24. The molecule has 0 saturated heterocycles. The molecule has 0 aromatic heterocycles. The van der Waals surface area contributed by atoms with Crippen LogP contribution in [0, 0.1) is 5.92 Å². The van der Waals surface area contributed by atoms with Crippen molar-refractivity contribution in [3.05, 3.63) is 0 Å². The Bertz CT molecular complexity index is 331. The lowest BCUT2D eigenvalue weighted by molar-refractivity contribution is -0.138. The zero-order chi connectivity index (χ0) is 12.8. The fourth-order valence-electron chi connectivity index (χ4n) is 1.94. The van der Waals surface area contributed by atoms with Crippen molar-refractivity contribution in [2.24, 2.45) is 16.6 Å². The highest BCUT2D eigenvalue weighted by atomic mass is 32.1. The number of thiocarbonyl (C=S) groups is 1. The van der Waals surface area contributed by atoms with Gasteiger partial charge in [-0.1, -0.05) is 12.2 Å². The Kier molecular flexibility index (Phi) is 6.08. The maximum Gasteiger partial charge on any atom is 0.320 e. The van der Waals surface area contributed by atoms with E-state index in [9.17, 15) is 4.79 Å². The van der Waals surface area contributed by atoms with E-state index in [2.05, 4.69) is 17.6 Å². The summed E-state index contributed by atoms with van der Waals surface area (Å²) >= 11 is 9.28. The molecule has 1 aliphatic carbocycles. The summed E-state index contributed by atoms with van der Waals surface area (Å²) in [7, 11) is 0. The number of nitrogens with two attached hydrogens (primary N) is 1. The van der Waals surface area contributed by atoms with Gasteiger partial charge < -0.3 is 10.8 Å². The van der Waals surface area contributed by atoms with E-state index in [0.29, 0.717) is 23.6 Å². The van der Waals surface area contributed by atoms with Crippen LogP contribution in [0.25, 0.3) is 0 Å². The molecule has 0 aliphatic heterocycles. The number of aliphatic carboxylic acids is 1. The van der Waals surface area contributed by atoms with Gasteiger partial charge >= 0.3 is 5.97 Å². The predicted octanol–water partition coefficient (Wildman–Crippen LogP) is 1.68. The normalized spacial score (nSPS) is 23.9. The summed E-state index contributed by atoms with van der Waals surface area (Å²) in [6.45, 7) is 0.628. The summed E-state index contributed by atoms with van der Waals surface area (Å²) in [5.41, 5.74) is 6.52. The quantitative estimate of drug-likeness (QED) is 0.391. The lowest BCUT2D eigenvalue weighted by Gasteiger charge is -2.09. The smallest absolute Gasteiger partial charge is 0.320 e. The molecule has 2 unspecified atom stereocenters. The summed E-state index contributed by atoms with van der Waals surface area (Å²) in [6, 6.07) is -0.777. The second kappa shape index (κ2) is 7.08. The standard InChI is InChI=1S/C11H18N2O2S2/c12-8(10(14)15)4-2-6-13-9-5-1-3-7(9)11(16)17/h7-8H,1-6,12H2,(H,14,15)(H,16,17). The van der Waals surface area contributed by atoms with Crippen LogP contribution in [0.1, 0.15) is 32.1 Å². The maximum atomic E-state index is 10.5. The average molecular weight is 274 g/mol. The summed E-state index contributed by atoms with van der Waals surface area (Å²) in [5.74, 6) is -0.714. The molecule has 17 heavy (non-hydrogen) atoms. The number of thiol groups is 1. The van der Waals surface area contributed by atoms with Crippen LogP contribution < -0.4 is 5.73 Å². The Hall–Kier alpha value is -0.460. The van der Waals surface area contributed by atoms with Gasteiger partial charge in [-0.15, -0.1) is 12.6 Å². The minimum Gasteiger partial charge on any atom is -0.480 e. The molecular weight excluding hydrogens is 256 g/mol. The van der Waals surface area contributed by atoms with Crippen LogP contribution in [0.15, 0.2) is 4.99 Å². The molecule has 0 bridgehead atoms. The Morgan fingerprint density at radius 3 is 3.00 bits per heavy atom. The third-order valence-electron chi connectivity index (χ3n) is 2.93. The van der Waals surface area contributed by atoms with Crippen molar-refractivity contribution in [2.75, 3.05) is 6.54 Å². The van der Waals surface area contributed by atoms with Crippen molar-refractivity contribution in [2.45, 2.75) is 38.1 Å². The molecule has 0 heterocycles. The molecule has 0 radical (unpaired) electrons. The van der Waals surface area contributed by atoms with Crippen molar-refractivity contribution in [1.29, 1.82) is 0 Å². The first-order valence-corrected chi connectivity index (χ1v) is 6.62. The number of hydrogen-bond donors (Lipinski definition) is 3. The number of carbonyl (C=O) groups is 1. The SMILES string of the molecule is NC(CCCN=C1CCCC1C(=S)S)C(=O)O. The van der Waals surface area contributed by atoms with Gasteiger partial charge in [0, 0.05) is 18.2 Å². The minimum atomic E-state index is -0.951. The largest absolute Gasteiger partial charge is 0.480 e. The molecule has 2 atom stereocenters. The molecule has 96 valence electrons. The van der Waals surface area contributed by atoms with E-state index in [1.165, 1.54) is 0 Å². The lowest BCUT2D eigenvalue weighted by Crippen LogP contribution is -2.30. The maximum absolute atomic E-state index is 10.5. The number of nitrogens with zero attached hydrogens (tertiary/aromatic N) is 1. The Labute approximate surface area is 112 Å². The fraction of sp³-hybridized carbons (Fsp3) is 0.727. The van der Waals surface area contributed by atoms with E-state index in [1.807, 2.05) is 0 Å². The summed E-state index contributed by atoms with van der Waals surface area (Å²) < 4.78 is 0.712. The Morgan fingerprint density at radius 2 is 2.41 bits per heavy atom. The third kappa shape index (κ3) is 4.73. The van der Waals surface area contributed by atoms with E-state index in [1.54, 1.807) is 0 Å². The van der Waals surface area contributed by atoms with Crippen LogP contribution in [-0.4, -0.2) is 33.6 Å². The van der Waals surface area contributed by atoms with E-state index >= 15 is 0 Å². The van der Waals surface area contributed by atoms with Crippen molar-refractivity contribution in [3.8, 4) is 0 Å². The van der Waals surface area contributed by atoms with E-state index in [-0.39, 0.29) is 5.92 Å². The molecule has 1 aliphatic rings. The third-order valence-corrected chi connectivity index (χ3v) is 3.53. The second-order valence-electron chi connectivity index (χ2n) is 4.24. The molecule has 0 aromatic rings. The first kappa shape index (κ1) is 14.6. The topological polar surface area (TPSA) is 75.7 Å². The average Bonchev–Trinajstić information content (AvgIpc) is 2.72. The van der Waals surface area contributed by atoms with Gasteiger partial charge in [-0.3, -0.25) is 9.79 Å². The molecule has 0 amide bonds. The van der Waals surface area contributed by atoms with Crippen LogP contribution in [0.2, 0.25) is 0 Å². The molecule has 1 saturated carbocycles.